The molecule has 0 saturated carbocycles. The topological polar surface area (TPSA) is 47.4 Å². The molecule has 7 heteroatoms. The smallest absolute Gasteiger partial charge is 0.233 e. The highest BCUT2D eigenvalue weighted by molar-refractivity contribution is 7.99. The third-order valence-corrected chi connectivity index (χ3v) is 6.63. The minimum Gasteiger partial charge on any atom is -0.497 e. The number of carbonyl (C=O) groups excluding carboxylic acids is 1. The normalized spacial score (nSPS) is 16.6. The number of hydrogen-bond acceptors (Lipinski definition) is 5. The molecule has 0 bridgehead atoms. The van der Waals surface area contributed by atoms with Crippen LogP contribution in [0.3, 0.4) is 0 Å². The van der Waals surface area contributed by atoms with Crippen LogP contribution in [0.25, 0.3) is 5.69 Å². The molecule has 0 aliphatic carbocycles. The Kier molecular flexibility index (Phi) is 5.50. The lowest BCUT2D eigenvalue weighted by molar-refractivity contribution is -0.129. The van der Waals surface area contributed by atoms with Crippen molar-refractivity contribution in [1.29, 1.82) is 0 Å². The summed E-state index contributed by atoms with van der Waals surface area (Å²) in [4.78, 5) is 20.6. The lowest BCUT2D eigenvalue weighted by atomic mass is 10.2. The van der Waals surface area contributed by atoms with Crippen LogP contribution in [0.15, 0.2) is 59.3 Å². The monoisotopic (exact) mass is 399 g/mol. The number of aromatic nitrogens is 2. The van der Waals surface area contributed by atoms with E-state index >= 15 is 0 Å². The molecule has 27 heavy (non-hydrogen) atoms. The van der Waals surface area contributed by atoms with Gasteiger partial charge < -0.3 is 9.64 Å². The second-order valence-electron chi connectivity index (χ2n) is 6.33. The van der Waals surface area contributed by atoms with Crippen molar-refractivity contribution in [3.8, 4) is 11.4 Å². The molecule has 3 heterocycles. The number of amides is 1. The Balaban J connectivity index is 1.45. The standard InChI is InChI=1S/C20H21N3O2S2/c1-25-16-6-2-5-15(13-16)22-11-9-21-20(22)27-14-19(24)23-10-3-7-17(23)18-8-4-12-26-18/h2,4-6,8-9,11-13,17H,3,7,10,14H2,1H3. The van der Waals surface area contributed by atoms with Gasteiger partial charge in [0, 0.05) is 29.9 Å². The molecule has 0 radical (unpaired) electrons. The van der Waals surface area contributed by atoms with Crippen LogP contribution in [-0.4, -0.2) is 39.8 Å². The number of rotatable bonds is 6. The Morgan fingerprint density at radius 2 is 2.30 bits per heavy atom. The Bertz CT molecular complexity index is 908. The Morgan fingerprint density at radius 3 is 3.11 bits per heavy atom. The summed E-state index contributed by atoms with van der Waals surface area (Å²) in [5.74, 6) is 1.36. The lowest BCUT2D eigenvalue weighted by Gasteiger charge is -2.23. The molecule has 1 atom stereocenters. The molecule has 3 aromatic rings. The molecule has 2 aromatic heterocycles. The van der Waals surface area contributed by atoms with Gasteiger partial charge in [0.2, 0.25) is 5.91 Å². The van der Waals surface area contributed by atoms with E-state index in [2.05, 4.69) is 22.5 Å². The van der Waals surface area contributed by atoms with Crippen molar-refractivity contribution in [3.05, 3.63) is 59.0 Å². The van der Waals surface area contributed by atoms with E-state index in [9.17, 15) is 4.79 Å². The van der Waals surface area contributed by atoms with E-state index in [1.807, 2.05) is 39.9 Å². The van der Waals surface area contributed by atoms with E-state index < -0.39 is 0 Å². The van der Waals surface area contributed by atoms with Gasteiger partial charge in [0.05, 0.1) is 24.6 Å². The van der Waals surface area contributed by atoms with E-state index in [1.165, 1.54) is 16.6 Å². The molecule has 140 valence electrons. The third kappa shape index (κ3) is 3.89. The van der Waals surface area contributed by atoms with E-state index in [-0.39, 0.29) is 11.9 Å². The van der Waals surface area contributed by atoms with E-state index in [0.29, 0.717) is 5.75 Å². The highest BCUT2D eigenvalue weighted by Gasteiger charge is 2.30. The molecule has 5 nitrogen and oxygen atoms in total. The van der Waals surface area contributed by atoms with Gasteiger partial charge in [-0.3, -0.25) is 9.36 Å². The van der Waals surface area contributed by atoms with E-state index in [1.54, 1.807) is 24.6 Å². The van der Waals surface area contributed by atoms with Crippen LogP contribution in [0.5, 0.6) is 5.75 Å². The SMILES string of the molecule is COc1cccc(-n2ccnc2SCC(=O)N2CCCC2c2cccs2)c1. The van der Waals surface area contributed by atoms with Gasteiger partial charge in [0.1, 0.15) is 5.75 Å². The van der Waals surface area contributed by atoms with Gasteiger partial charge in [0.15, 0.2) is 5.16 Å². The number of hydrogen-bond donors (Lipinski definition) is 0. The number of likely N-dealkylation sites (tertiary alicyclic amines) is 1. The molecule has 1 aromatic carbocycles. The number of benzene rings is 1. The molecule has 1 aliphatic rings. The van der Waals surface area contributed by atoms with Crippen molar-refractivity contribution in [2.24, 2.45) is 0 Å². The molecule has 4 rings (SSSR count). The molecule has 0 spiro atoms. The molecule has 1 unspecified atom stereocenters. The summed E-state index contributed by atoms with van der Waals surface area (Å²) in [6.45, 7) is 0.840. The van der Waals surface area contributed by atoms with Crippen molar-refractivity contribution in [1.82, 2.24) is 14.5 Å². The van der Waals surface area contributed by atoms with Gasteiger partial charge in [-0.05, 0) is 36.4 Å². The van der Waals surface area contributed by atoms with Crippen molar-refractivity contribution in [2.75, 3.05) is 19.4 Å². The van der Waals surface area contributed by atoms with Crippen LogP contribution < -0.4 is 4.74 Å². The molecule has 1 aliphatic heterocycles. The first-order valence-electron chi connectivity index (χ1n) is 8.89. The zero-order valence-electron chi connectivity index (χ0n) is 15.1. The van der Waals surface area contributed by atoms with Crippen molar-refractivity contribution >= 4 is 29.0 Å². The van der Waals surface area contributed by atoms with Gasteiger partial charge in [0.25, 0.3) is 0 Å². The number of thiophene rings is 1. The lowest BCUT2D eigenvalue weighted by Crippen LogP contribution is -2.31. The fourth-order valence-electron chi connectivity index (χ4n) is 3.40. The van der Waals surface area contributed by atoms with Crippen LogP contribution >= 0.6 is 23.1 Å². The quantitative estimate of drug-likeness (QED) is 0.577. The predicted octanol–water partition coefficient (Wildman–Crippen LogP) is 4.40. The summed E-state index contributed by atoms with van der Waals surface area (Å²) in [5, 5.41) is 2.89. The average molecular weight is 400 g/mol. The second kappa shape index (κ2) is 8.19. The number of thioether (sulfide) groups is 1. The van der Waals surface area contributed by atoms with Crippen molar-refractivity contribution in [2.45, 2.75) is 24.0 Å². The second-order valence-corrected chi connectivity index (χ2v) is 8.25. The summed E-state index contributed by atoms with van der Waals surface area (Å²) in [7, 11) is 1.65. The Labute approximate surface area is 167 Å². The fraction of sp³-hybridized carbons (Fsp3) is 0.300. The highest BCUT2D eigenvalue weighted by atomic mass is 32.2. The zero-order valence-corrected chi connectivity index (χ0v) is 16.7. The first-order valence-corrected chi connectivity index (χ1v) is 10.8. The zero-order chi connectivity index (χ0) is 18.6. The largest absolute Gasteiger partial charge is 0.497 e. The molecular formula is C20H21N3O2S2. The maximum absolute atomic E-state index is 12.8. The summed E-state index contributed by atoms with van der Waals surface area (Å²) < 4.78 is 7.29. The predicted molar refractivity (Wildman–Crippen MR) is 109 cm³/mol. The average Bonchev–Trinajstić information content (AvgIpc) is 3.46. The van der Waals surface area contributed by atoms with Crippen LogP contribution in [0.1, 0.15) is 23.8 Å². The van der Waals surface area contributed by atoms with Crippen molar-refractivity contribution < 1.29 is 9.53 Å². The minimum absolute atomic E-state index is 0.177. The maximum Gasteiger partial charge on any atom is 0.233 e. The van der Waals surface area contributed by atoms with Gasteiger partial charge in [-0.25, -0.2) is 4.98 Å². The summed E-state index contributed by atoms with van der Waals surface area (Å²) in [6.07, 6.45) is 5.79. The molecule has 1 saturated heterocycles. The number of ether oxygens (including phenoxy) is 1. The van der Waals surface area contributed by atoms with Gasteiger partial charge in [-0.2, -0.15) is 0 Å². The number of imidazole rings is 1. The summed E-state index contributed by atoms with van der Waals surface area (Å²) >= 11 is 3.21. The number of nitrogens with zero attached hydrogens (tertiary/aromatic N) is 3. The van der Waals surface area contributed by atoms with Crippen LogP contribution in [0.4, 0.5) is 0 Å². The fourth-order valence-corrected chi connectivity index (χ4v) is 5.14. The number of carbonyl (C=O) groups is 1. The first kappa shape index (κ1) is 18.1. The third-order valence-electron chi connectivity index (χ3n) is 4.71. The maximum atomic E-state index is 12.8. The molecule has 0 N–H and O–H groups in total. The molecular weight excluding hydrogens is 378 g/mol. The van der Waals surface area contributed by atoms with Gasteiger partial charge >= 0.3 is 0 Å². The van der Waals surface area contributed by atoms with E-state index in [4.69, 9.17) is 4.74 Å². The molecule has 1 fully saturated rings. The Morgan fingerprint density at radius 1 is 1.37 bits per heavy atom. The van der Waals surface area contributed by atoms with Gasteiger partial charge in [-0.1, -0.05) is 23.9 Å². The van der Waals surface area contributed by atoms with Crippen LogP contribution in [0.2, 0.25) is 0 Å². The van der Waals surface area contributed by atoms with Gasteiger partial charge in [-0.15, -0.1) is 11.3 Å². The van der Waals surface area contributed by atoms with Crippen LogP contribution in [0, 0.1) is 0 Å². The Hall–Kier alpha value is -2.25. The minimum atomic E-state index is 0.177. The van der Waals surface area contributed by atoms with Crippen LogP contribution in [-0.2, 0) is 4.79 Å². The number of methoxy groups -OCH3 is 1. The first-order chi connectivity index (χ1) is 13.3. The van der Waals surface area contributed by atoms with E-state index in [0.717, 1.165) is 36.0 Å². The molecule has 1 amide bonds. The summed E-state index contributed by atoms with van der Waals surface area (Å²) in [6, 6.07) is 12.2. The van der Waals surface area contributed by atoms with Crippen molar-refractivity contribution in [3.63, 3.8) is 0 Å². The highest BCUT2D eigenvalue weighted by Crippen LogP contribution is 2.35. The summed E-state index contributed by atoms with van der Waals surface area (Å²) in [5.41, 5.74) is 0.972.